The molecule has 0 N–H and O–H groups in total. The minimum absolute atomic E-state index is 0.402. The molecule has 0 radical (unpaired) electrons. The Morgan fingerprint density at radius 2 is 2.29 bits per heavy atom. The van der Waals surface area contributed by atoms with E-state index in [2.05, 4.69) is 23.1 Å². The molecule has 0 saturated heterocycles. The zero-order valence-electron chi connectivity index (χ0n) is 12.1. The molecule has 1 atom stereocenters. The van der Waals surface area contributed by atoms with Crippen LogP contribution in [0.3, 0.4) is 0 Å². The standard InChI is InChI=1S/C16H18N4O/c1-2-7-20-15(18-12-19-20)9-16(10-17)8-13-5-3-4-6-14(13)21-11-16/h3-6,12H,2,7-9,11H2,1H3. The second-order valence-corrected chi connectivity index (χ2v) is 5.54. The van der Waals surface area contributed by atoms with Gasteiger partial charge in [-0.2, -0.15) is 10.4 Å². The Morgan fingerprint density at radius 1 is 1.43 bits per heavy atom. The summed E-state index contributed by atoms with van der Waals surface area (Å²) in [7, 11) is 0. The van der Waals surface area contributed by atoms with Gasteiger partial charge in [-0.1, -0.05) is 25.1 Å². The Hall–Kier alpha value is -2.35. The van der Waals surface area contributed by atoms with Crippen LogP contribution in [0.4, 0.5) is 0 Å². The Labute approximate surface area is 124 Å². The number of nitrogens with zero attached hydrogens (tertiary/aromatic N) is 4. The largest absolute Gasteiger partial charge is 0.492 e. The third kappa shape index (κ3) is 2.62. The van der Waals surface area contributed by atoms with Crippen LogP contribution in [-0.4, -0.2) is 21.4 Å². The first kappa shape index (κ1) is 13.6. The van der Waals surface area contributed by atoms with Crippen molar-refractivity contribution in [2.75, 3.05) is 6.61 Å². The molecular weight excluding hydrogens is 264 g/mol. The van der Waals surface area contributed by atoms with Crippen LogP contribution in [0.5, 0.6) is 5.75 Å². The molecule has 0 saturated carbocycles. The van der Waals surface area contributed by atoms with Gasteiger partial charge in [0.15, 0.2) is 0 Å². The molecule has 21 heavy (non-hydrogen) atoms. The number of hydrogen-bond donors (Lipinski definition) is 0. The Bertz CT molecular complexity index is 673. The van der Waals surface area contributed by atoms with Gasteiger partial charge in [-0.3, -0.25) is 4.68 Å². The van der Waals surface area contributed by atoms with Crippen LogP contribution in [-0.2, 0) is 19.4 Å². The van der Waals surface area contributed by atoms with E-state index in [1.807, 2.05) is 28.9 Å². The second kappa shape index (κ2) is 5.57. The molecule has 1 aromatic heterocycles. The molecule has 108 valence electrons. The van der Waals surface area contributed by atoms with Crippen molar-refractivity contribution in [3.05, 3.63) is 42.0 Å². The van der Waals surface area contributed by atoms with Gasteiger partial charge < -0.3 is 4.74 Å². The van der Waals surface area contributed by atoms with E-state index in [-0.39, 0.29) is 0 Å². The highest BCUT2D eigenvalue weighted by molar-refractivity contribution is 5.37. The van der Waals surface area contributed by atoms with Gasteiger partial charge >= 0.3 is 0 Å². The quantitative estimate of drug-likeness (QED) is 0.863. The number of fused-ring (bicyclic) bond motifs is 1. The van der Waals surface area contributed by atoms with Crippen molar-refractivity contribution in [2.45, 2.75) is 32.7 Å². The molecule has 2 aromatic rings. The number of nitriles is 1. The Balaban J connectivity index is 1.86. The Morgan fingerprint density at radius 3 is 3.10 bits per heavy atom. The number of aryl methyl sites for hydroxylation is 1. The number of ether oxygens (including phenoxy) is 1. The fourth-order valence-corrected chi connectivity index (χ4v) is 2.77. The monoisotopic (exact) mass is 282 g/mol. The lowest BCUT2D eigenvalue weighted by Crippen LogP contribution is -2.36. The molecular formula is C16H18N4O. The summed E-state index contributed by atoms with van der Waals surface area (Å²) in [5.74, 6) is 1.75. The maximum atomic E-state index is 9.70. The fourth-order valence-electron chi connectivity index (χ4n) is 2.77. The van der Waals surface area contributed by atoms with Crippen LogP contribution in [0.1, 0.15) is 24.7 Å². The molecule has 3 rings (SSSR count). The average Bonchev–Trinajstić information content (AvgIpc) is 2.94. The van der Waals surface area contributed by atoms with E-state index in [1.54, 1.807) is 6.33 Å². The van der Waals surface area contributed by atoms with E-state index in [0.717, 1.165) is 30.1 Å². The summed E-state index contributed by atoms with van der Waals surface area (Å²) in [5, 5.41) is 13.9. The predicted molar refractivity (Wildman–Crippen MR) is 77.7 cm³/mol. The highest BCUT2D eigenvalue weighted by atomic mass is 16.5. The second-order valence-electron chi connectivity index (χ2n) is 5.54. The Kier molecular flexibility index (Phi) is 3.61. The topological polar surface area (TPSA) is 63.7 Å². The summed E-state index contributed by atoms with van der Waals surface area (Å²) in [6, 6.07) is 10.4. The summed E-state index contributed by atoms with van der Waals surface area (Å²) in [6.07, 6.45) is 3.82. The normalized spacial score (nSPS) is 20.4. The van der Waals surface area contributed by atoms with Crippen molar-refractivity contribution in [2.24, 2.45) is 5.41 Å². The maximum absolute atomic E-state index is 9.70. The SMILES string of the molecule is CCCn1ncnc1CC1(C#N)COc2ccccc2C1. The van der Waals surface area contributed by atoms with Gasteiger partial charge in [-0.25, -0.2) is 4.98 Å². The van der Waals surface area contributed by atoms with E-state index in [4.69, 9.17) is 4.74 Å². The maximum Gasteiger partial charge on any atom is 0.138 e. The third-order valence-electron chi connectivity index (χ3n) is 3.87. The van der Waals surface area contributed by atoms with Crippen molar-refractivity contribution in [1.29, 1.82) is 5.26 Å². The first-order valence-corrected chi connectivity index (χ1v) is 7.25. The predicted octanol–water partition coefficient (Wildman–Crippen LogP) is 2.38. The van der Waals surface area contributed by atoms with Crippen LogP contribution in [0.2, 0.25) is 0 Å². The van der Waals surface area contributed by atoms with E-state index >= 15 is 0 Å². The lowest BCUT2D eigenvalue weighted by molar-refractivity contribution is 0.165. The summed E-state index contributed by atoms with van der Waals surface area (Å²) >= 11 is 0. The van der Waals surface area contributed by atoms with Crippen molar-refractivity contribution in [1.82, 2.24) is 14.8 Å². The average molecular weight is 282 g/mol. The molecule has 1 aliphatic rings. The molecule has 1 unspecified atom stereocenters. The number of benzene rings is 1. The van der Waals surface area contributed by atoms with E-state index < -0.39 is 5.41 Å². The summed E-state index contributed by atoms with van der Waals surface area (Å²) in [5.41, 5.74) is 0.527. The molecule has 1 aliphatic heterocycles. The molecule has 0 fully saturated rings. The molecule has 0 bridgehead atoms. The number of para-hydroxylation sites is 1. The first-order chi connectivity index (χ1) is 10.3. The third-order valence-corrected chi connectivity index (χ3v) is 3.87. The zero-order valence-corrected chi connectivity index (χ0v) is 12.1. The minimum Gasteiger partial charge on any atom is -0.492 e. The summed E-state index contributed by atoms with van der Waals surface area (Å²) in [6.45, 7) is 3.33. The van der Waals surface area contributed by atoms with Crippen LogP contribution in [0.25, 0.3) is 0 Å². The fraction of sp³-hybridized carbons (Fsp3) is 0.438. The molecule has 5 nitrogen and oxygen atoms in total. The van der Waals surface area contributed by atoms with Gasteiger partial charge in [-0.15, -0.1) is 0 Å². The zero-order chi connectivity index (χ0) is 14.7. The van der Waals surface area contributed by atoms with Gasteiger partial charge in [-0.05, 0) is 24.5 Å². The number of rotatable bonds is 4. The molecule has 0 aliphatic carbocycles. The van der Waals surface area contributed by atoms with Crippen LogP contribution in [0, 0.1) is 16.7 Å². The van der Waals surface area contributed by atoms with Gasteiger partial charge in [0.2, 0.25) is 0 Å². The van der Waals surface area contributed by atoms with Crippen molar-refractivity contribution < 1.29 is 4.74 Å². The highest BCUT2D eigenvalue weighted by Crippen LogP contribution is 2.36. The lowest BCUT2D eigenvalue weighted by atomic mass is 9.78. The number of hydrogen-bond acceptors (Lipinski definition) is 4. The lowest BCUT2D eigenvalue weighted by Gasteiger charge is -2.32. The van der Waals surface area contributed by atoms with Crippen molar-refractivity contribution in [3.8, 4) is 11.8 Å². The van der Waals surface area contributed by atoms with Gasteiger partial charge in [0.25, 0.3) is 0 Å². The smallest absolute Gasteiger partial charge is 0.138 e. The van der Waals surface area contributed by atoms with Crippen LogP contribution >= 0.6 is 0 Å². The van der Waals surface area contributed by atoms with Gasteiger partial charge in [0.1, 0.15) is 29.9 Å². The molecule has 2 heterocycles. The first-order valence-electron chi connectivity index (χ1n) is 7.25. The highest BCUT2D eigenvalue weighted by Gasteiger charge is 2.37. The van der Waals surface area contributed by atoms with Gasteiger partial charge in [0.05, 0.1) is 6.07 Å². The van der Waals surface area contributed by atoms with Gasteiger partial charge in [0, 0.05) is 13.0 Å². The van der Waals surface area contributed by atoms with E-state index in [9.17, 15) is 5.26 Å². The molecule has 0 spiro atoms. The molecule has 0 amide bonds. The van der Waals surface area contributed by atoms with Crippen LogP contribution in [0.15, 0.2) is 30.6 Å². The summed E-state index contributed by atoms with van der Waals surface area (Å²) < 4.78 is 7.69. The van der Waals surface area contributed by atoms with E-state index in [1.165, 1.54) is 0 Å². The van der Waals surface area contributed by atoms with Crippen molar-refractivity contribution in [3.63, 3.8) is 0 Å². The van der Waals surface area contributed by atoms with Crippen molar-refractivity contribution >= 4 is 0 Å². The molecule has 1 aromatic carbocycles. The van der Waals surface area contributed by atoms with E-state index in [0.29, 0.717) is 19.4 Å². The number of aromatic nitrogens is 3. The van der Waals surface area contributed by atoms with Crippen LogP contribution < -0.4 is 4.74 Å². The summed E-state index contributed by atoms with van der Waals surface area (Å²) in [4.78, 5) is 4.32. The molecule has 5 heteroatoms. The minimum atomic E-state index is -0.563.